The maximum absolute atomic E-state index is 12.9. The standard InChI is InChI=1S/C25H35N3O3/c1-17(2)15-27-25(30)21-14-23(28-22-7-5-4-6-20(21)22)19-10-8-18(9-11-19)16-26-24(29)12-13-31-3/h4-7,14,17-19H,8-13,15-16H2,1-3H3,(H,26,29)(H,27,30). The monoisotopic (exact) mass is 425 g/mol. The van der Waals surface area contributed by atoms with E-state index in [0.717, 1.165) is 48.8 Å². The number of methoxy groups -OCH3 is 1. The van der Waals surface area contributed by atoms with Crippen LogP contribution in [-0.2, 0) is 9.53 Å². The lowest BCUT2D eigenvalue weighted by atomic mass is 9.80. The van der Waals surface area contributed by atoms with E-state index in [1.165, 1.54) is 0 Å². The summed E-state index contributed by atoms with van der Waals surface area (Å²) in [5.74, 6) is 1.28. The average Bonchev–Trinajstić information content (AvgIpc) is 2.79. The molecule has 6 heteroatoms. The Morgan fingerprint density at radius 3 is 2.58 bits per heavy atom. The molecule has 168 valence electrons. The fourth-order valence-electron chi connectivity index (χ4n) is 4.19. The van der Waals surface area contributed by atoms with Crippen LogP contribution in [0.3, 0.4) is 0 Å². The molecule has 0 saturated heterocycles. The van der Waals surface area contributed by atoms with Crippen LogP contribution < -0.4 is 10.6 Å². The highest BCUT2D eigenvalue weighted by atomic mass is 16.5. The smallest absolute Gasteiger partial charge is 0.252 e. The predicted molar refractivity (Wildman–Crippen MR) is 123 cm³/mol. The van der Waals surface area contributed by atoms with E-state index < -0.39 is 0 Å². The first-order chi connectivity index (χ1) is 15.0. The fourth-order valence-corrected chi connectivity index (χ4v) is 4.19. The zero-order chi connectivity index (χ0) is 22.2. The van der Waals surface area contributed by atoms with Gasteiger partial charge in [-0.25, -0.2) is 0 Å². The molecule has 0 radical (unpaired) electrons. The summed E-state index contributed by atoms with van der Waals surface area (Å²) < 4.78 is 4.95. The SMILES string of the molecule is COCCC(=O)NCC1CCC(c2cc(C(=O)NCC(C)C)c3ccccc3n2)CC1. The molecule has 2 N–H and O–H groups in total. The summed E-state index contributed by atoms with van der Waals surface area (Å²) in [7, 11) is 1.61. The zero-order valence-electron chi connectivity index (χ0n) is 18.9. The number of nitrogens with one attached hydrogen (secondary N) is 2. The first-order valence-corrected chi connectivity index (χ1v) is 11.4. The lowest BCUT2D eigenvalue weighted by Gasteiger charge is -2.28. The Hall–Kier alpha value is -2.47. The second kappa shape index (κ2) is 11.2. The van der Waals surface area contributed by atoms with Crippen molar-refractivity contribution in [3.8, 4) is 0 Å². The van der Waals surface area contributed by atoms with Gasteiger partial charge in [0.1, 0.15) is 0 Å². The molecule has 1 saturated carbocycles. The van der Waals surface area contributed by atoms with Crippen molar-refractivity contribution >= 4 is 22.7 Å². The number of ether oxygens (including phenoxy) is 1. The van der Waals surface area contributed by atoms with Gasteiger partial charge in [0.15, 0.2) is 0 Å². The van der Waals surface area contributed by atoms with Gasteiger partial charge in [-0.3, -0.25) is 14.6 Å². The van der Waals surface area contributed by atoms with Gasteiger partial charge in [-0.15, -0.1) is 0 Å². The molecule has 2 aromatic rings. The van der Waals surface area contributed by atoms with Gasteiger partial charge in [0, 0.05) is 43.6 Å². The van der Waals surface area contributed by atoms with E-state index in [4.69, 9.17) is 9.72 Å². The van der Waals surface area contributed by atoms with E-state index in [0.29, 0.717) is 42.9 Å². The van der Waals surface area contributed by atoms with E-state index in [9.17, 15) is 9.59 Å². The second-order valence-corrected chi connectivity index (χ2v) is 8.98. The van der Waals surface area contributed by atoms with Gasteiger partial charge in [-0.1, -0.05) is 32.0 Å². The first kappa shape index (κ1) is 23.2. The second-order valence-electron chi connectivity index (χ2n) is 8.98. The molecule has 0 bridgehead atoms. The molecule has 2 amide bonds. The molecule has 1 aliphatic carbocycles. The number of hydrogen-bond donors (Lipinski definition) is 2. The van der Waals surface area contributed by atoms with Gasteiger partial charge >= 0.3 is 0 Å². The van der Waals surface area contributed by atoms with Gasteiger partial charge in [0.05, 0.1) is 17.7 Å². The molecule has 0 unspecified atom stereocenters. The number of pyridine rings is 1. The highest BCUT2D eigenvalue weighted by molar-refractivity contribution is 6.06. The van der Waals surface area contributed by atoms with Gasteiger partial charge in [-0.05, 0) is 49.7 Å². The maximum atomic E-state index is 12.9. The molecule has 0 spiro atoms. The minimum absolute atomic E-state index is 0.0268. The van der Waals surface area contributed by atoms with Crippen LogP contribution in [0.1, 0.15) is 67.9 Å². The summed E-state index contributed by atoms with van der Waals surface area (Å²) >= 11 is 0. The van der Waals surface area contributed by atoms with Crippen LogP contribution in [-0.4, -0.2) is 43.6 Å². The van der Waals surface area contributed by atoms with Crippen molar-refractivity contribution in [3.63, 3.8) is 0 Å². The highest BCUT2D eigenvalue weighted by Gasteiger charge is 2.25. The maximum Gasteiger partial charge on any atom is 0.252 e. The molecule has 1 aromatic heterocycles. The van der Waals surface area contributed by atoms with Gasteiger partial charge in [0.2, 0.25) is 5.91 Å². The Labute approximate surface area is 185 Å². The molecule has 6 nitrogen and oxygen atoms in total. The third-order valence-electron chi connectivity index (χ3n) is 6.04. The summed E-state index contributed by atoms with van der Waals surface area (Å²) in [6, 6.07) is 9.88. The van der Waals surface area contributed by atoms with Crippen LogP contribution in [0.5, 0.6) is 0 Å². The van der Waals surface area contributed by atoms with E-state index in [2.05, 4.69) is 24.5 Å². The summed E-state index contributed by atoms with van der Waals surface area (Å²) in [5, 5.41) is 6.98. The molecule has 1 aromatic carbocycles. The van der Waals surface area contributed by atoms with E-state index in [-0.39, 0.29) is 11.8 Å². The summed E-state index contributed by atoms with van der Waals surface area (Å²) in [6.45, 7) is 6.03. The molecular formula is C25H35N3O3. The Kier molecular flexibility index (Phi) is 8.41. The van der Waals surface area contributed by atoms with Crippen molar-refractivity contribution in [3.05, 3.63) is 41.6 Å². The van der Waals surface area contributed by atoms with Crippen molar-refractivity contribution in [1.82, 2.24) is 15.6 Å². The lowest BCUT2D eigenvalue weighted by Crippen LogP contribution is -2.31. The molecule has 0 aliphatic heterocycles. The summed E-state index contributed by atoms with van der Waals surface area (Å²) in [5.41, 5.74) is 2.60. The van der Waals surface area contributed by atoms with Crippen molar-refractivity contribution in [2.75, 3.05) is 26.8 Å². The largest absolute Gasteiger partial charge is 0.384 e. The molecular weight excluding hydrogens is 390 g/mol. The zero-order valence-corrected chi connectivity index (χ0v) is 18.9. The molecule has 31 heavy (non-hydrogen) atoms. The van der Waals surface area contributed by atoms with Crippen LogP contribution in [0.2, 0.25) is 0 Å². The topological polar surface area (TPSA) is 80.3 Å². The van der Waals surface area contributed by atoms with Crippen LogP contribution in [0.15, 0.2) is 30.3 Å². The van der Waals surface area contributed by atoms with E-state index in [1.54, 1.807) is 7.11 Å². The van der Waals surface area contributed by atoms with Gasteiger partial charge in [0.25, 0.3) is 5.91 Å². The number of benzene rings is 1. The molecule has 3 rings (SSSR count). The van der Waals surface area contributed by atoms with Crippen LogP contribution in [0.4, 0.5) is 0 Å². The minimum atomic E-state index is -0.0268. The van der Waals surface area contributed by atoms with Crippen LogP contribution in [0, 0.1) is 11.8 Å². The Morgan fingerprint density at radius 2 is 1.87 bits per heavy atom. The number of fused-ring (bicyclic) bond motifs is 1. The predicted octanol–water partition coefficient (Wildman–Crippen LogP) is 4.05. The molecule has 1 heterocycles. The third kappa shape index (κ3) is 6.50. The Balaban J connectivity index is 1.66. The summed E-state index contributed by atoms with van der Waals surface area (Å²) in [4.78, 5) is 29.6. The molecule has 0 atom stereocenters. The van der Waals surface area contributed by atoms with Crippen molar-refractivity contribution < 1.29 is 14.3 Å². The number of carbonyl (C=O) groups excluding carboxylic acids is 2. The minimum Gasteiger partial charge on any atom is -0.384 e. The van der Waals surface area contributed by atoms with E-state index in [1.807, 2.05) is 30.3 Å². The molecule has 1 aliphatic rings. The first-order valence-electron chi connectivity index (χ1n) is 11.4. The number of aromatic nitrogens is 1. The number of amides is 2. The Bertz CT molecular complexity index is 889. The molecule has 1 fully saturated rings. The highest BCUT2D eigenvalue weighted by Crippen LogP contribution is 2.36. The fraction of sp³-hybridized carbons (Fsp3) is 0.560. The number of rotatable bonds is 9. The van der Waals surface area contributed by atoms with Crippen molar-refractivity contribution in [2.45, 2.75) is 51.9 Å². The number of nitrogens with zero attached hydrogens (tertiary/aromatic N) is 1. The number of carbonyl (C=O) groups is 2. The van der Waals surface area contributed by atoms with Crippen LogP contribution >= 0.6 is 0 Å². The third-order valence-corrected chi connectivity index (χ3v) is 6.04. The van der Waals surface area contributed by atoms with Crippen molar-refractivity contribution in [2.24, 2.45) is 11.8 Å². The van der Waals surface area contributed by atoms with Crippen LogP contribution in [0.25, 0.3) is 10.9 Å². The number of para-hydroxylation sites is 1. The van der Waals surface area contributed by atoms with Gasteiger partial charge < -0.3 is 15.4 Å². The number of hydrogen-bond acceptors (Lipinski definition) is 4. The quantitative estimate of drug-likeness (QED) is 0.635. The summed E-state index contributed by atoms with van der Waals surface area (Å²) in [6.07, 6.45) is 4.57. The Morgan fingerprint density at radius 1 is 1.13 bits per heavy atom. The average molecular weight is 426 g/mol. The normalized spacial score (nSPS) is 18.8. The lowest BCUT2D eigenvalue weighted by molar-refractivity contribution is -0.122. The van der Waals surface area contributed by atoms with Crippen molar-refractivity contribution in [1.29, 1.82) is 0 Å². The van der Waals surface area contributed by atoms with E-state index >= 15 is 0 Å². The van der Waals surface area contributed by atoms with Gasteiger partial charge in [-0.2, -0.15) is 0 Å².